The van der Waals surface area contributed by atoms with Crippen LogP contribution in [0.2, 0.25) is 0 Å². The van der Waals surface area contributed by atoms with Gasteiger partial charge in [-0.3, -0.25) is 4.98 Å². The van der Waals surface area contributed by atoms with Crippen molar-refractivity contribution in [2.24, 2.45) is 0 Å². The summed E-state index contributed by atoms with van der Waals surface area (Å²) in [6, 6.07) is 5.68. The molecule has 0 bridgehead atoms. The lowest BCUT2D eigenvalue weighted by molar-refractivity contribution is 0.629. The summed E-state index contributed by atoms with van der Waals surface area (Å²) in [5, 5.41) is 3.27. The van der Waals surface area contributed by atoms with Gasteiger partial charge in [0.1, 0.15) is 11.5 Å². The number of pyridine rings is 1. The number of anilines is 1. The number of nitrogen functional groups attached to an aromatic ring is 1. The van der Waals surface area contributed by atoms with Crippen molar-refractivity contribution in [1.29, 1.82) is 0 Å². The summed E-state index contributed by atoms with van der Waals surface area (Å²) in [4.78, 5) is 13.1. The Kier molecular flexibility index (Phi) is 2.45. The molecule has 0 unspecified atom stereocenters. The summed E-state index contributed by atoms with van der Waals surface area (Å²) in [7, 11) is 0. The maximum Gasteiger partial charge on any atom is 0.180 e. The van der Waals surface area contributed by atoms with E-state index in [1.807, 2.05) is 18.2 Å². The molecule has 0 spiro atoms. The lowest BCUT2D eigenvalue weighted by atomic mass is 10.1. The largest absolute Gasteiger partial charge is 0.383 e. The van der Waals surface area contributed by atoms with E-state index in [0.29, 0.717) is 11.6 Å². The molecule has 17 heavy (non-hydrogen) atoms. The van der Waals surface area contributed by atoms with E-state index in [4.69, 9.17) is 5.73 Å². The number of nitrogens with zero attached hydrogens (tertiary/aromatic N) is 3. The Morgan fingerprint density at radius 1 is 1.24 bits per heavy atom. The molecule has 5 nitrogen and oxygen atoms in total. The van der Waals surface area contributed by atoms with Gasteiger partial charge < -0.3 is 11.1 Å². The fourth-order valence-electron chi connectivity index (χ4n) is 1.98. The zero-order chi connectivity index (χ0) is 11.7. The molecule has 0 fully saturated rings. The molecule has 1 aliphatic heterocycles. The highest BCUT2D eigenvalue weighted by Crippen LogP contribution is 2.21. The van der Waals surface area contributed by atoms with Gasteiger partial charge in [-0.1, -0.05) is 6.07 Å². The first kappa shape index (κ1) is 10.2. The minimum Gasteiger partial charge on any atom is -0.383 e. The van der Waals surface area contributed by atoms with Crippen molar-refractivity contribution in [3.63, 3.8) is 0 Å². The summed E-state index contributed by atoms with van der Waals surface area (Å²) < 4.78 is 0. The van der Waals surface area contributed by atoms with Gasteiger partial charge in [0.15, 0.2) is 5.82 Å². The van der Waals surface area contributed by atoms with Crippen molar-refractivity contribution in [3.05, 3.63) is 35.7 Å². The monoisotopic (exact) mass is 227 g/mol. The van der Waals surface area contributed by atoms with E-state index in [9.17, 15) is 0 Å². The number of nitrogens with one attached hydrogen (secondary N) is 1. The molecule has 0 amide bonds. The topological polar surface area (TPSA) is 76.7 Å². The summed E-state index contributed by atoms with van der Waals surface area (Å²) in [6.45, 7) is 1.69. The minimum atomic E-state index is 0.558. The molecule has 0 atom stereocenters. The number of hydrogen-bond acceptors (Lipinski definition) is 5. The molecule has 0 saturated heterocycles. The molecular formula is C12H13N5. The minimum absolute atomic E-state index is 0.558. The zero-order valence-corrected chi connectivity index (χ0v) is 9.35. The third-order valence-corrected chi connectivity index (χ3v) is 2.86. The van der Waals surface area contributed by atoms with Gasteiger partial charge in [0.05, 0.1) is 5.69 Å². The molecule has 86 valence electrons. The number of nitrogens with two attached hydrogens (primary N) is 1. The number of fused-ring (bicyclic) bond motifs is 1. The average Bonchev–Trinajstić information content (AvgIpc) is 2.40. The van der Waals surface area contributed by atoms with Gasteiger partial charge in [0.2, 0.25) is 0 Å². The van der Waals surface area contributed by atoms with Gasteiger partial charge in [0.25, 0.3) is 0 Å². The number of hydrogen-bond donors (Lipinski definition) is 2. The van der Waals surface area contributed by atoms with Gasteiger partial charge in [-0.25, -0.2) is 9.97 Å². The SMILES string of the molecule is Nc1nc(-c2ccccn2)nc2c1CNCC2. The third kappa shape index (κ3) is 1.85. The zero-order valence-electron chi connectivity index (χ0n) is 9.35. The van der Waals surface area contributed by atoms with E-state index < -0.39 is 0 Å². The summed E-state index contributed by atoms with van der Waals surface area (Å²) >= 11 is 0. The lowest BCUT2D eigenvalue weighted by Gasteiger charge is -2.18. The van der Waals surface area contributed by atoms with Crippen LogP contribution in [0.5, 0.6) is 0 Å². The van der Waals surface area contributed by atoms with Crippen LogP contribution < -0.4 is 11.1 Å². The number of aromatic nitrogens is 3. The molecule has 2 aromatic rings. The van der Waals surface area contributed by atoms with Crippen LogP contribution in [0, 0.1) is 0 Å². The van der Waals surface area contributed by atoms with Crippen LogP contribution in [0.4, 0.5) is 5.82 Å². The van der Waals surface area contributed by atoms with Gasteiger partial charge in [-0.15, -0.1) is 0 Å². The molecule has 3 heterocycles. The molecule has 3 N–H and O–H groups in total. The van der Waals surface area contributed by atoms with E-state index in [1.165, 1.54) is 0 Å². The van der Waals surface area contributed by atoms with Crippen LogP contribution in [-0.4, -0.2) is 21.5 Å². The Morgan fingerprint density at radius 3 is 3.00 bits per heavy atom. The fraction of sp³-hybridized carbons (Fsp3) is 0.250. The Morgan fingerprint density at radius 2 is 2.18 bits per heavy atom. The maximum absolute atomic E-state index is 5.96. The highest BCUT2D eigenvalue weighted by Gasteiger charge is 2.16. The second-order valence-electron chi connectivity index (χ2n) is 4.00. The Hall–Kier alpha value is -2.01. The smallest absolute Gasteiger partial charge is 0.180 e. The summed E-state index contributed by atoms with van der Waals surface area (Å²) in [5.74, 6) is 1.17. The van der Waals surface area contributed by atoms with E-state index in [-0.39, 0.29) is 0 Å². The first-order valence-electron chi connectivity index (χ1n) is 5.62. The molecule has 0 saturated carbocycles. The predicted octanol–water partition coefficient (Wildman–Crippen LogP) is 0.766. The molecule has 2 aromatic heterocycles. The molecular weight excluding hydrogens is 214 g/mol. The molecule has 5 heteroatoms. The Labute approximate surface area is 99.1 Å². The van der Waals surface area contributed by atoms with Gasteiger partial charge in [0, 0.05) is 31.3 Å². The van der Waals surface area contributed by atoms with Crippen LogP contribution >= 0.6 is 0 Å². The third-order valence-electron chi connectivity index (χ3n) is 2.86. The van der Waals surface area contributed by atoms with Crippen molar-refractivity contribution in [2.75, 3.05) is 12.3 Å². The molecule has 0 aliphatic carbocycles. The van der Waals surface area contributed by atoms with Crippen molar-refractivity contribution in [2.45, 2.75) is 13.0 Å². The maximum atomic E-state index is 5.96. The lowest BCUT2D eigenvalue weighted by Crippen LogP contribution is -2.26. The first-order chi connectivity index (χ1) is 8.34. The van der Waals surface area contributed by atoms with Gasteiger partial charge in [-0.2, -0.15) is 0 Å². The van der Waals surface area contributed by atoms with Crippen LogP contribution in [-0.2, 0) is 13.0 Å². The molecule has 1 aliphatic rings. The standard InChI is InChI=1S/C12H13N5/c13-11-8-7-14-6-4-9(8)16-12(17-11)10-3-1-2-5-15-10/h1-3,5,14H,4,6-7H2,(H2,13,16,17). The second kappa shape index (κ2) is 4.10. The van der Waals surface area contributed by atoms with E-state index in [0.717, 1.165) is 36.5 Å². The highest BCUT2D eigenvalue weighted by molar-refractivity contribution is 5.55. The van der Waals surface area contributed by atoms with Crippen molar-refractivity contribution in [3.8, 4) is 11.5 Å². The van der Waals surface area contributed by atoms with E-state index >= 15 is 0 Å². The Balaban J connectivity index is 2.11. The average molecular weight is 227 g/mol. The highest BCUT2D eigenvalue weighted by atomic mass is 15.0. The van der Waals surface area contributed by atoms with Crippen LogP contribution in [0.15, 0.2) is 24.4 Å². The fourth-order valence-corrected chi connectivity index (χ4v) is 1.98. The summed E-state index contributed by atoms with van der Waals surface area (Å²) in [6.07, 6.45) is 2.62. The van der Waals surface area contributed by atoms with Crippen molar-refractivity contribution >= 4 is 5.82 Å². The van der Waals surface area contributed by atoms with Crippen LogP contribution in [0.25, 0.3) is 11.5 Å². The Bertz CT molecular complexity index is 538. The van der Waals surface area contributed by atoms with Crippen LogP contribution in [0.3, 0.4) is 0 Å². The quantitative estimate of drug-likeness (QED) is 0.752. The van der Waals surface area contributed by atoms with E-state index in [1.54, 1.807) is 6.20 Å². The predicted molar refractivity (Wildman–Crippen MR) is 65.1 cm³/mol. The van der Waals surface area contributed by atoms with E-state index in [2.05, 4.69) is 20.3 Å². The molecule has 0 aromatic carbocycles. The second-order valence-corrected chi connectivity index (χ2v) is 4.00. The normalized spacial score (nSPS) is 14.4. The first-order valence-corrected chi connectivity index (χ1v) is 5.62. The van der Waals surface area contributed by atoms with Crippen LogP contribution in [0.1, 0.15) is 11.3 Å². The summed E-state index contributed by atoms with van der Waals surface area (Å²) in [5.41, 5.74) is 8.79. The molecule has 3 rings (SSSR count). The van der Waals surface area contributed by atoms with Gasteiger partial charge >= 0.3 is 0 Å². The number of rotatable bonds is 1. The molecule has 0 radical (unpaired) electrons. The van der Waals surface area contributed by atoms with Gasteiger partial charge in [-0.05, 0) is 12.1 Å². The van der Waals surface area contributed by atoms with Crippen molar-refractivity contribution in [1.82, 2.24) is 20.3 Å². The van der Waals surface area contributed by atoms with Crippen molar-refractivity contribution < 1.29 is 0 Å².